The molecular formula is C16H14BrN5O. The summed E-state index contributed by atoms with van der Waals surface area (Å²) in [5.41, 5.74) is 2.66. The van der Waals surface area contributed by atoms with Crippen molar-refractivity contribution in [1.29, 1.82) is 0 Å². The van der Waals surface area contributed by atoms with Gasteiger partial charge in [-0.1, -0.05) is 46.3 Å². The number of carbonyl (C=O) groups is 1. The molecule has 3 rings (SSSR count). The molecular weight excluding hydrogens is 358 g/mol. The van der Waals surface area contributed by atoms with Crippen LogP contribution in [0.25, 0.3) is 11.4 Å². The smallest absolute Gasteiger partial charge is 0.246 e. The Balaban J connectivity index is 1.74. The molecule has 0 bridgehead atoms. The molecule has 0 aliphatic rings. The monoisotopic (exact) mass is 371 g/mol. The van der Waals surface area contributed by atoms with E-state index in [4.69, 9.17) is 0 Å². The van der Waals surface area contributed by atoms with E-state index in [1.807, 2.05) is 55.5 Å². The van der Waals surface area contributed by atoms with Crippen molar-refractivity contribution in [2.75, 3.05) is 5.32 Å². The Morgan fingerprint density at radius 1 is 1.22 bits per heavy atom. The Morgan fingerprint density at radius 3 is 2.74 bits per heavy atom. The molecule has 0 atom stereocenters. The number of hydrogen-bond acceptors (Lipinski definition) is 4. The SMILES string of the molecule is Cc1cc(NC(=O)Cn2nnnc2-c2ccccc2)ccc1Br. The number of nitrogens with zero attached hydrogens (tertiary/aromatic N) is 4. The maximum absolute atomic E-state index is 12.2. The summed E-state index contributed by atoms with van der Waals surface area (Å²) in [7, 11) is 0. The second kappa shape index (κ2) is 6.70. The van der Waals surface area contributed by atoms with Crippen molar-refractivity contribution >= 4 is 27.5 Å². The standard InChI is InChI=1S/C16H14BrN5O/c1-11-9-13(7-8-14(11)17)18-15(23)10-22-16(19-20-21-22)12-5-3-2-4-6-12/h2-9H,10H2,1H3,(H,18,23). The molecule has 3 aromatic rings. The molecule has 6 nitrogen and oxygen atoms in total. The predicted molar refractivity (Wildman–Crippen MR) is 90.8 cm³/mol. The van der Waals surface area contributed by atoms with E-state index in [0.717, 1.165) is 21.3 Å². The first kappa shape index (κ1) is 15.4. The van der Waals surface area contributed by atoms with E-state index in [1.54, 1.807) is 0 Å². The highest BCUT2D eigenvalue weighted by Crippen LogP contribution is 2.20. The lowest BCUT2D eigenvalue weighted by Crippen LogP contribution is -2.20. The van der Waals surface area contributed by atoms with Crippen molar-refractivity contribution in [2.24, 2.45) is 0 Å². The fourth-order valence-corrected chi connectivity index (χ4v) is 2.41. The summed E-state index contributed by atoms with van der Waals surface area (Å²) >= 11 is 3.44. The van der Waals surface area contributed by atoms with E-state index in [2.05, 4.69) is 36.8 Å². The van der Waals surface area contributed by atoms with Crippen LogP contribution in [0.3, 0.4) is 0 Å². The van der Waals surface area contributed by atoms with Crippen molar-refractivity contribution in [3.63, 3.8) is 0 Å². The first-order chi connectivity index (χ1) is 11.1. The van der Waals surface area contributed by atoms with Crippen LogP contribution >= 0.6 is 15.9 Å². The summed E-state index contributed by atoms with van der Waals surface area (Å²) in [6, 6.07) is 15.2. The Hall–Kier alpha value is -2.54. The van der Waals surface area contributed by atoms with Gasteiger partial charge < -0.3 is 5.32 Å². The number of hydrogen-bond donors (Lipinski definition) is 1. The molecule has 7 heteroatoms. The van der Waals surface area contributed by atoms with Crippen LogP contribution in [0.4, 0.5) is 5.69 Å². The number of benzene rings is 2. The summed E-state index contributed by atoms with van der Waals surface area (Å²) in [5.74, 6) is 0.379. The van der Waals surface area contributed by atoms with E-state index in [1.165, 1.54) is 4.68 Å². The van der Waals surface area contributed by atoms with E-state index in [0.29, 0.717) is 5.82 Å². The van der Waals surface area contributed by atoms with E-state index in [9.17, 15) is 4.79 Å². The van der Waals surface area contributed by atoms with E-state index >= 15 is 0 Å². The minimum absolute atomic E-state index is 0.0480. The number of anilines is 1. The van der Waals surface area contributed by atoms with Crippen molar-refractivity contribution in [1.82, 2.24) is 20.2 Å². The summed E-state index contributed by atoms with van der Waals surface area (Å²) in [6.07, 6.45) is 0. The molecule has 0 fully saturated rings. The van der Waals surface area contributed by atoms with Gasteiger partial charge in [0.25, 0.3) is 0 Å². The molecule has 0 radical (unpaired) electrons. The second-order valence-electron chi connectivity index (χ2n) is 5.04. The van der Waals surface area contributed by atoms with Crippen LogP contribution in [0.1, 0.15) is 5.56 Å². The van der Waals surface area contributed by atoms with Crippen LogP contribution in [0, 0.1) is 6.92 Å². The second-order valence-corrected chi connectivity index (χ2v) is 5.89. The Kier molecular flexibility index (Phi) is 4.47. The zero-order valence-corrected chi connectivity index (χ0v) is 14.0. The van der Waals surface area contributed by atoms with Gasteiger partial charge in [-0.3, -0.25) is 4.79 Å². The van der Waals surface area contributed by atoms with E-state index in [-0.39, 0.29) is 12.5 Å². The molecule has 2 aromatic carbocycles. The van der Waals surface area contributed by atoms with Crippen molar-refractivity contribution in [3.8, 4) is 11.4 Å². The lowest BCUT2D eigenvalue weighted by molar-refractivity contribution is -0.116. The van der Waals surface area contributed by atoms with E-state index < -0.39 is 0 Å². The third kappa shape index (κ3) is 3.62. The fraction of sp³-hybridized carbons (Fsp3) is 0.125. The predicted octanol–water partition coefficient (Wildman–Crippen LogP) is 3.05. The maximum atomic E-state index is 12.2. The summed E-state index contributed by atoms with van der Waals surface area (Å²) < 4.78 is 2.48. The normalized spacial score (nSPS) is 10.5. The van der Waals surface area contributed by atoms with Crippen molar-refractivity contribution < 1.29 is 4.79 Å². The Bertz CT molecular complexity index is 831. The highest BCUT2D eigenvalue weighted by molar-refractivity contribution is 9.10. The van der Waals surface area contributed by atoms with Gasteiger partial charge in [-0.05, 0) is 41.1 Å². The number of aryl methyl sites for hydroxylation is 1. The molecule has 23 heavy (non-hydrogen) atoms. The summed E-state index contributed by atoms with van der Waals surface area (Å²) in [6.45, 7) is 2.01. The molecule has 0 saturated heterocycles. The van der Waals surface area contributed by atoms with Crippen molar-refractivity contribution in [2.45, 2.75) is 13.5 Å². The topological polar surface area (TPSA) is 72.7 Å². The number of tetrazole rings is 1. The van der Waals surface area contributed by atoms with Gasteiger partial charge in [0.1, 0.15) is 6.54 Å². The Labute approximate surface area is 141 Å². The molecule has 116 valence electrons. The fourth-order valence-electron chi connectivity index (χ4n) is 2.16. The van der Waals surface area contributed by atoms with Crippen LogP contribution < -0.4 is 5.32 Å². The van der Waals surface area contributed by atoms with Crippen LogP contribution in [-0.4, -0.2) is 26.1 Å². The first-order valence-electron chi connectivity index (χ1n) is 7.01. The minimum Gasteiger partial charge on any atom is -0.324 e. The number of halogens is 1. The molecule has 0 saturated carbocycles. The minimum atomic E-state index is -0.184. The lowest BCUT2D eigenvalue weighted by atomic mass is 10.2. The molecule has 1 amide bonds. The molecule has 0 aliphatic carbocycles. The van der Waals surface area contributed by atoms with Gasteiger partial charge in [-0.25, -0.2) is 4.68 Å². The zero-order valence-electron chi connectivity index (χ0n) is 12.4. The lowest BCUT2D eigenvalue weighted by Gasteiger charge is -2.08. The van der Waals surface area contributed by atoms with Gasteiger partial charge >= 0.3 is 0 Å². The number of aromatic nitrogens is 4. The number of nitrogens with one attached hydrogen (secondary N) is 1. The highest BCUT2D eigenvalue weighted by atomic mass is 79.9. The molecule has 0 unspecified atom stereocenters. The van der Waals surface area contributed by atoms with Gasteiger partial charge in [0.05, 0.1) is 0 Å². The average Bonchev–Trinajstić information content (AvgIpc) is 3.00. The number of carbonyl (C=O) groups excluding carboxylic acids is 1. The van der Waals surface area contributed by atoms with Crippen molar-refractivity contribution in [3.05, 3.63) is 58.6 Å². The maximum Gasteiger partial charge on any atom is 0.246 e. The summed E-state index contributed by atoms with van der Waals surface area (Å²) in [5, 5.41) is 14.4. The van der Waals surface area contributed by atoms with Crippen LogP contribution in [0.15, 0.2) is 53.0 Å². The molecule has 1 heterocycles. The van der Waals surface area contributed by atoms with Crippen LogP contribution in [-0.2, 0) is 11.3 Å². The molecule has 0 aliphatic heterocycles. The van der Waals surface area contributed by atoms with Crippen LogP contribution in [0.2, 0.25) is 0 Å². The highest BCUT2D eigenvalue weighted by Gasteiger charge is 2.12. The summed E-state index contributed by atoms with van der Waals surface area (Å²) in [4.78, 5) is 12.2. The Morgan fingerprint density at radius 2 is 2.00 bits per heavy atom. The molecule has 1 aromatic heterocycles. The van der Waals surface area contributed by atoms with Crippen LogP contribution in [0.5, 0.6) is 0 Å². The van der Waals surface area contributed by atoms with Gasteiger partial charge in [0, 0.05) is 15.7 Å². The number of rotatable bonds is 4. The third-order valence-corrected chi connectivity index (χ3v) is 4.19. The zero-order chi connectivity index (χ0) is 16.2. The van der Waals surface area contributed by atoms with Gasteiger partial charge in [-0.15, -0.1) is 5.10 Å². The van der Waals surface area contributed by atoms with Gasteiger partial charge in [0.2, 0.25) is 5.91 Å². The molecule has 0 spiro atoms. The average molecular weight is 372 g/mol. The number of amides is 1. The van der Waals surface area contributed by atoms with Gasteiger partial charge in [-0.2, -0.15) is 0 Å². The third-order valence-electron chi connectivity index (χ3n) is 3.30. The van der Waals surface area contributed by atoms with Gasteiger partial charge in [0.15, 0.2) is 5.82 Å². The first-order valence-corrected chi connectivity index (χ1v) is 7.80. The quantitative estimate of drug-likeness (QED) is 0.764. The molecule has 1 N–H and O–H groups in total. The largest absolute Gasteiger partial charge is 0.324 e.